The van der Waals surface area contributed by atoms with Crippen LogP contribution in [0.15, 0.2) is 24.3 Å². The van der Waals surface area contributed by atoms with Crippen molar-refractivity contribution in [1.29, 1.82) is 0 Å². The van der Waals surface area contributed by atoms with Gasteiger partial charge in [0.05, 0.1) is 5.02 Å². The summed E-state index contributed by atoms with van der Waals surface area (Å²) in [6, 6.07) is 7.18. The zero-order chi connectivity index (χ0) is 12.8. The van der Waals surface area contributed by atoms with Crippen LogP contribution < -0.4 is 5.73 Å². The predicted octanol–water partition coefficient (Wildman–Crippen LogP) is 3.53. The molecule has 0 amide bonds. The van der Waals surface area contributed by atoms with Crippen molar-refractivity contribution in [3.63, 3.8) is 0 Å². The maximum atomic E-state index is 12.1. The average Bonchev–Trinajstić information content (AvgIpc) is 2.27. The summed E-state index contributed by atoms with van der Waals surface area (Å²) in [4.78, 5) is 12.1. The summed E-state index contributed by atoms with van der Waals surface area (Å²) in [5.41, 5.74) is 6.31. The smallest absolute Gasteiger partial charge is 0.164 e. The second kappa shape index (κ2) is 6.77. The third-order valence-corrected chi connectivity index (χ3v) is 3.12. The third-order valence-electron chi connectivity index (χ3n) is 2.79. The molecule has 0 fully saturated rings. The molecule has 0 bridgehead atoms. The topological polar surface area (TPSA) is 43.1 Å². The maximum absolute atomic E-state index is 12.1. The number of hydrogen-bond acceptors (Lipinski definition) is 2. The Morgan fingerprint density at radius 3 is 2.53 bits per heavy atom. The molecular formula is C14H20ClNO. The van der Waals surface area contributed by atoms with E-state index in [9.17, 15) is 4.79 Å². The minimum absolute atomic E-state index is 0.0895. The van der Waals surface area contributed by atoms with E-state index in [4.69, 9.17) is 17.3 Å². The molecule has 2 N–H and O–H groups in total. The van der Waals surface area contributed by atoms with E-state index < -0.39 is 0 Å². The van der Waals surface area contributed by atoms with Crippen LogP contribution in [-0.2, 0) is 0 Å². The number of ketones is 1. The molecule has 94 valence electrons. The van der Waals surface area contributed by atoms with Gasteiger partial charge in [-0.25, -0.2) is 0 Å². The monoisotopic (exact) mass is 253 g/mol. The molecule has 1 unspecified atom stereocenters. The molecule has 17 heavy (non-hydrogen) atoms. The Hall–Kier alpha value is -0.860. The molecule has 2 nitrogen and oxygen atoms in total. The van der Waals surface area contributed by atoms with Crippen molar-refractivity contribution in [2.75, 3.05) is 6.54 Å². The van der Waals surface area contributed by atoms with Crippen molar-refractivity contribution in [1.82, 2.24) is 0 Å². The highest BCUT2D eigenvalue weighted by Crippen LogP contribution is 2.21. The molecule has 0 aliphatic rings. The molecule has 0 saturated carbocycles. The molecule has 0 aromatic heterocycles. The fraction of sp³-hybridized carbons (Fsp3) is 0.500. The first-order chi connectivity index (χ1) is 8.04. The summed E-state index contributed by atoms with van der Waals surface area (Å²) in [5, 5.41) is 0.526. The Kier molecular flexibility index (Phi) is 5.66. The van der Waals surface area contributed by atoms with Crippen LogP contribution in [0.25, 0.3) is 0 Å². The van der Waals surface area contributed by atoms with Crippen LogP contribution in [0.1, 0.15) is 37.0 Å². The second-order valence-electron chi connectivity index (χ2n) is 4.84. The lowest BCUT2D eigenvalue weighted by atomic mass is 9.91. The van der Waals surface area contributed by atoms with Crippen LogP contribution in [0.2, 0.25) is 5.02 Å². The van der Waals surface area contributed by atoms with Crippen molar-refractivity contribution >= 4 is 17.4 Å². The Morgan fingerprint density at radius 1 is 1.35 bits per heavy atom. The number of Topliss-reactive ketones (excluding diaryl/α,β-unsaturated/α-hetero) is 1. The Labute approximate surface area is 108 Å². The Balaban J connectivity index is 2.68. The number of rotatable bonds is 6. The van der Waals surface area contributed by atoms with Gasteiger partial charge in [0.25, 0.3) is 0 Å². The first-order valence-corrected chi connectivity index (χ1v) is 6.40. The molecule has 0 saturated heterocycles. The normalized spacial score (nSPS) is 12.8. The van der Waals surface area contributed by atoms with Crippen LogP contribution >= 0.6 is 11.6 Å². The standard InChI is InChI=1S/C14H20ClNO/c1-10(2)7-11(9-16)8-14(17)12-5-3-4-6-13(12)15/h3-6,10-11H,7-9,16H2,1-2H3. The molecule has 0 radical (unpaired) electrons. The molecule has 1 aromatic rings. The van der Waals surface area contributed by atoms with Crippen LogP contribution in [0.3, 0.4) is 0 Å². The molecular weight excluding hydrogens is 234 g/mol. The number of carbonyl (C=O) groups excluding carboxylic acids is 1. The van der Waals surface area contributed by atoms with Crippen molar-refractivity contribution < 1.29 is 4.79 Å². The molecule has 1 atom stereocenters. The minimum atomic E-state index is 0.0895. The van der Waals surface area contributed by atoms with Gasteiger partial charge in [0.15, 0.2) is 5.78 Å². The van der Waals surface area contributed by atoms with Crippen molar-refractivity contribution in [3.8, 4) is 0 Å². The van der Waals surface area contributed by atoms with Crippen molar-refractivity contribution in [2.45, 2.75) is 26.7 Å². The fourth-order valence-corrected chi connectivity index (χ4v) is 2.23. The Bertz CT molecular complexity index is 376. The second-order valence-corrected chi connectivity index (χ2v) is 5.25. The summed E-state index contributed by atoms with van der Waals surface area (Å²) < 4.78 is 0. The van der Waals surface area contributed by atoms with E-state index in [0.717, 1.165) is 6.42 Å². The molecule has 0 spiro atoms. The van der Waals surface area contributed by atoms with Gasteiger partial charge in [-0.15, -0.1) is 0 Å². The van der Waals surface area contributed by atoms with Crippen LogP contribution in [-0.4, -0.2) is 12.3 Å². The summed E-state index contributed by atoms with van der Waals surface area (Å²) in [6.07, 6.45) is 1.46. The molecule has 0 aliphatic heterocycles. The van der Waals surface area contributed by atoms with Crippen LogP contribution in [0.5, 0.6) is 0 Å². The van der Waals surface area contributed by atoms with E-state index in [1.807, 2.05) is 12.1 Å². The van der Waals surface area contributed by atoms with E-state index in [0.29, 0.717) is 29.5 Å². The van der Waals surface area contributed by atoms with Gasteiger partial charge < -0.3 is 5.73 Å². The van der Waals surface area contributed by atoms with E-state index in [2.05, 4.69) is 13.8 Å². The molecule has 3 heteroatoms. The number of nitrogens with two attached hydrogens (primary N) is 1. The quantitative estimate of drug-likeness (QED) is 0.788. The molecule has 0 aliphatic carbocycles. The van der Waals surface area contributed by atoms with E-state index in [-0.39, 0.29) is 11.7 Å². The Morgan fingerprint density at radius 2 is 2.00 bits per heavy atom. The summed E-state index contributed by atoms with van der Waals surface area (Å²) in [7, 11) is 0. The van der Waals surface area contributed by atoms with Gasteiger partial charge >= 0.3 is 0 Å². The molecule has 1 aromatic carbocycles. The number of halogens is 1. The molecule has 1 rings (SSSR count). The van der Waals surface area contributed by atoms with Gasteiger partial charge in [-0.1, -0.05) is 37.6 Å². The lowest BCUT2D eigenvalue weighted by Crippen LogP contribution is -2.20. The van der Waals surface area contributed by atoms with E-state index in [1.165, 1.54) is 0 Å². The van der Waals surface area contributed by atoms with Gasteiger partial charge in [-0.3, -0.25) is 4.79 Å². The van der Waals surface area contributed by atoms with Gasteiger partial charge in [0, 0.05) is 12.0 Å². The minimum Gasteiger partial charge on any atom is -0.330 e. The first kappa shape index (κ1) is 14.2. The molecule has 0 heterocycles. The number of carbonyl (C=O) groups is 1. The summed E-state index contributed by atoms with van der Waals surface area (Å²) >= 11 is 6.00. The average molecular weight is 254 g/mol. The predicted molar refractivity (Wildman–Crippen MR) is 72.4 cm³/mol. The highest BCUT2D eigenvalue weighted by molar-refractivity contribution is 6.33. The lowest BCUT2D eigenvalue weighted by Gasteiger charge is -2.16. The van der Waals surface area contributed by atoms with Crippen molar-refractivity contribution in [3.05, 3.63) is 34.9 Å². The zero-order valence-electron chi connectivity index (χ0n) is 10.4. The number of hydrogen-bond donors (Lipinski definition) is 1. The van der Waals surface area contributed by atoms with Gasteiger partial charge in [-0.05, 0) is 36.9 Å². The van der Waals surface area contributed by atoms with Gasteiger partial charge in [-0.2, -0.15) is 0 Å². The highest BCUT2D eigenvalue weighted by atomic mass is 35.5. The summed E-state index contributed by atoms with van der Waals surface area (Å²) in [6.45, 7) is 4.83. The highest BCUT2D eigenvalue weighted by Gasteiger charge is 2.16. The van der Waals surface area contributed by atoms with Crippen LogP contribution in [0, 0.1) is 11.8 Å². The SMILES string of the molecule is CC(C)CC(CN)CC(=O)c1ccccc1Cl. The largest absolute Gasteiger partial charge is 0.330 e. The van der Waals surface area contributed by atoms with Gasteiger partial charge in [0.1, 0.15) is 0 Å². The third kappa shape index (κ3) is 4.49. The van der Waals surface area contributed by atoms with E-state index >= 15 is 0 Å². The van der Waals surface area contributed by atoms with E-state index in [1.54, 1.807) is 12.1 Å². The zero-order valence-corrected chi connectivity index (χ0v) is 11.2. The lowest BCUT2D eigenvalue weighted by molar-refractivity contribution is 0.0957. The maximum Gasteiger partial charge on any atom is 0.164 e. The summed E-state index contributed by atoms with van der Waals surface area (Å²) in [5.74, 6) is 0.896. The van der Waals surface area contributed by atoms with Crippen molar-refractivity contribution in [2.24, 2.45) is 17.6 Å². The van der Waals surface area contributed by atoms with Gasteiger partial charge in [0.2, 0.25) is 0 Å². The first-order valence-electron chi connectivity index (χ1n) is 6.02. The number of benzene rings is 1. The fourth-order valence-electron chi connectivity index (χ4n) is 1.99. The van der Waals surface area contributed by atoms with Crippen LogP contribution in [0.4, 0.5) is 0 Å².